The molecule has 0 amide bonds. The first-order chi connectivity index (χ1) is 14.8. The van der Waals surface area contributed by atoms with E-state index < -0.39 is 0 Å². The van der Waals surface area contributed by atoms with E-state index in [4.69, 9.17) is 0 Å². The Kier molecular flexibility index (Phi) is 4.55. The zero-order valence-electron chi connectivity index (χ0n) is 16.4. The van der Waals surface area contributed by atoms with Crippen molar-refractivity contribution in [2.24, 2.45) is 23.7 Å². The SMILES string of the molecule is N#CC(C#N)=C1C=C[C@H]2C=C[C@@H]1[C@@H]1C=CC(=C(c3ccccc3)c3ccccc3)[C@H]21. The monoisotopic (exact) mass is 384 g/mol. The summed E-state index contributed by atoms with van der Waals surface area (Å²) in [6.07, 6.45) is 13.2. The first-order valence-corrected chi connectivity index (χ1v) is 10.3. The second kappa shape index (κ2) is 7.51. The van der Waals surface area contributed by atoms with E-state index in [1.807, 2.05) is 18.2 Å². The average Bonchev–Trinajstić information content (AvgIpc) is 3.05. The van der Waals surface area contributed by atoms with Gasteiger partial charge in [0.05, 0.1) is 0 Å². The van der Waals surface area contributed by atoms with Crippen LogP contribution in [-0.2, 0) is 0 Å². The highest BCUT2D eigenvalue weighted by Gasteiger charge is 2.43. The standard InChI is InChI=1S/C28H20N2/c29-17-22(18-30)23-13-11-21-12-14-24(23)25-15-16-26(28(21)25)27(19-7-3-1-4-8-19)20-9-5-2-6-10-20/h1-16,21,24-25,28H/t21-,24-,25-,28+/m0/s1. The van der Waals surface area contributed by atoms with E-state index >= 15 is 0 Å². The number of hydrogen-bond donors (Lipinski definition) is 0. The lowest BCUT2D eigenvalue weighted by Crippen LogP contribution is -2.27. The van der Waals surface area contributed by atoms with Gasteiger partial charge in [-0.05, 0) is 33.8 Å². The van der Waals surface area contributed by atoms with Gasteiger partial charge in [0.2, 0.25) is 0 Å². The molecular weight excluding hydrogens is 364 g/mol. The van der Waals surface area contributed by atoms with Crippen molar-refractivity contribution in [3.05, 3.63) is 125 Å². The van der Waals surface area contributed by atoms with Gasteiger partial charge in [-0.15, -0.1) is 0 Å². The summed E-state index contributed by atoms with van der Waals surface area (Å²) in [6, 6.07) is 25.3. The fourth-order valence-electron chi connectivity index (χ4n) is 5.14. The zero-order chi connectivity index (χ0) is 20.5. The molecule has 0 N–H and O–H groups in total. The number of nitriles is 2. The molecule has 2 bridgehead atoms. The summed E-state index contributed by atoms with van der Waals surface area (Å²) in [5, 5.41) is 18.9. The maximum absolute atomic E-state index is 9.46. The second-order valence-electron chi connectivity index (χ2n) is 7.93. The Morgan fingerprint density at radius 3 is 1.87 bits per heavy atom. The van der Waals surface area contributed by atoms with Crippen molar-refractivity contribution in [1.82, 2.24) is 0 Å². The number of benzene rings is 2. The van der Waals surface area contributed by atoms with Crippen molar-refractivity contribution in [2.45, 2.75) is 0 Å². The van der Waals surface area contributed by atoms with Gasteiger partial charge in [-0.25, -0.2) is 0 Å². The lowest BCUT2D eigenvalue weighted by Gasteiger charge is -2.34. The molecule has 0 fully saturated rings. The van der Waals surface area contributed by atoms with Gasteiger partial charge in [0.15, 0.2) is 0 Å². The largest absolute Gasteiger partial charge is 0.192 e. The number of hydrogen-bond acceptors (Lipinski definition) is 2. The third-order valence-electron chi connectivity index (χ3n) is 6.42. The van der Waals surface area contributed by atoms with Gasteiger partial charge in [-0.1, -0.05) is 97.1 Å². The van der Waals surface area contributed by atoms with Crippen LogP contribution in [0.4, 0.5) is 0 Å². The minimum Gasteiger partial charge on any atom is -0.192 e. The minimum absolute atomic E-state index is 0.0563. The molecule has 2 heteroatoms. The molecule has 0 spiro atoms. The minimum atomic E-state index is 0.0563. The topological polar surface area (TPSA) is 47.6 Å². The smallest absolute Gasteiger partial charge is 0.133 e. The molecule has 30 heavy (non-hydrogen) atoms. The van der Waals surface area contributed by atoms with Crippen LogP contribution in [0.3, 0.4) is 0 Å². The first-order valence-electron chi connectivity index (χ1n) is 10.3. The van der Waals surface area contributed by atoms with Crippen molar-refractivity contribution in [3.8, 4) is 12.1 Å². The molecule has 4 aliphatic rings. The molecule has 6 rings (SSSR count). The number of nitrogens with zero attached hydrogens (tertiary/aromatic N) is 2. The predicted octanol–water partition coefficient (Wildman–Crippen LogP) is 6.01. The Hall–Kier alpha value is -3.88. The fourth-order valence-corrected chi connectivity index (χ4v) is 5.14. The van der Waals surface area contributed by atoms with E-state index in [1.165, 1.54) is 22.3 Å². The van der Waals surface area contributed by atoms with Crippen LogP contribution in [0.2, 0.25) is 0 Å². The quantitative estimate of drug-likeness (QED) is 0.470. The summed E-state index contributed by atoms with van der Waals surface area (Å²) < 4.78 is 0. The molecule has 0 heterocycles. The van der Waals surface area contributed by atoms with Gasteiger partial charge in [-0.2, -0.15) is 10.5 Å². The van der Waals surface area contributed by atoms with Crippen molar-refractivity contribution < 1.29 is 0 Å². The average molecular weight is 384 g/mol. The predicted molar refractivity (Wildman–Crippen MR) is 119 cm³/mol. The van der Waals surface area contributed by atoms with Crippen molar-refractivity contribution >= 4 is 5.57 Å². The maximum atomic E-state index is 9.46. The summed E-state index contributed by atoms with van der Waals surface area (Å²) in [5.74, 6) is 0.845. The molecule has 0 saturated carbocycles. The third kappa shape index (κ3) is 2.86. The van der Waals surface area contributed by atoms with Gasteiger partial charge in [-0.3, -0.25) is 0 Å². The van der Waals surface area contributed by atoms with E-state index in [1.54, 1.807) is 0 Å². The van der Waals surface area contributed by atoms with Crippen LogP contribution < -0.4 is 0 Å². The second-order valence-corrected chi connectivity index (χ2v) is 7.93. The summed E-state index contributed by atoms with van der Waals surface area (Å²) in [7, 11) is 0. The Morgan fingerprint density at radius 1 is 0.667 bits per heavy atom. The van der Waals surface area contributed by atoms with Gasteiger partial charge in [0.1, 0.15) is 17.7 Å². The third-order valence-corrected chi connectivity index (χ3v) is 6.42. The zero-order valence-corrected chi connectivity index (χ0v) is 16.4. The molecular formula is C28H20N2. The number of allylic oxidation sites excluding steroid dienone is 9. The molecule has 4 aliphatic carbocycles. The Balaban J connectivity index is 1.70. The Morgan fingerprint density at radius 2 is 1.27 bits per heavy atom. The molecule has 4 atom stereocenters. The van der Waals surface area contributed by atoms with Crippen LogP contribution in [0, 0.1) is 46.3 Å². The molecule has 2 nitrogen and oxygen atoms in total. The van der Waals surface area contributed by atoms with E-state index in [-0.39, 0.29) is 23.3 Å². The van der Waals surface area contributed by atoms with Crippen molar-refractivity contribution in [3.63, 3.8) is 0 Å². The summed E-state index contributed by atoms with van der Waals surface area (Å²) in [6.45, 7) is 0. The van der Waals surface area contributed by atoms with E-state index in [2.05, 4.69) is 91.0 Å². The van der Waals surface area contributed by atoms with Crippen molar-refractivity contribution in [1.29, 1.82) is 10.5 Å². The van der Waals surface area contributed by atoms with Crippen LogP contribution in [0.5, 0.6) is 0 Å². The molecule has 0 saturated heterocycles. The number of rotatable bonds is 2. The fraction of sp³-hybridized carbons (Fsp3) is 0.143. The highest BCUT2D eigenvalue weighted by atomic mass is 14.5. The highest BCUT2D eigenvalue weighted by molar-refractivity contribution is 5.84. The van der Waals surface area contributed by atoms with Crippen molar-refractivity contribution in [2.75, 3.05) is 0 Å². The lowest BCUT2D eigenvalue weighted by atomic mass is 9.69. The van der Waals surface area contributed by atoms with Crippen LogP contribution >= 0.6 is 0 Å². The van der Waals surface area contributed by atoms with Crippen LogP contribution in [0.15, 0.2) is 114 Å². The normalized spacial score (nSPS) is 25.4. The van der Waals surface area contributed by atoms with Gasteiger partial charge >= 0.3 is 0 Å². The molecule has 0 aliphatic heterocycles. The van der Waals surface area contributed by atoms with E-state index in [9.17, 15) is 10.5 Å². The van der Waals surface area contributed by atoms with Crippen LogP contribution in [0.1, 0.15) is 11.1 Å². The molecule has 142 valence electrons. The Bertz CT molecular complexity index is 1150. The molecule has 2 aromatic carbocycles. The van der Waals surface area contributed by atoms with E-state index in [0.29, 0.717) is 5.92 Å². The molecule has 2 aromatic rings. The summed E-state index contributed by atoms with van der Waals surface area (Å²) in [5.41, 5.74) is 6.08. The molecule has 0 unspecified atom stereocenters. The van der Waals surface area contributed by atoms with Gasteiger partial charge < -0.3 is 0 Å². The summed E-state index contributed by atoms with van der Waals surface area (Å²) >= 11 is 0. The summed E-state index contributed by atoms with van der Waals surface area (Å²) in [4.78, 5) is 0. The number of fused-ring (bicyclic) bond motifs is 1. The lowest BCUT2D eigenvalue weighted by molar-refractivity contribution is 0.359. The molecule has 0 radical (unpaired) electrons. The van der Waals surface area contributed by atoms with Gasteiger partial charge in [0, 0.05) is 17.8 Å². The van der Waals surface area contributed by atoms with Crippen LogP contribution in [-0.4, -0.2) is 0 Å². The van der Waals surface area contributed by atoms with E-state index in [0.717, 1.165) is 5.57 Å². The van der Waals surface area contributed by atoms with Crippen LogP contribution in [0.25, 0.3) is 5.57 Å². The van der Waals surface area contributed by atoms with Gasteiger partial charge in [0.25, 0.3) is 0 Å². The maximum Gasteiger partial charge on any atom is 0.133 e. The highest BCUT2D eigenvalue weighted by Crippen LogP contribution is 2.52. The Labute approximate surface area is 177 Å². The molecule has 0 aromatic heterocycles. The first kappa shape index (κ1) is 18.2.